The molecule has 0 bridgehead atoms. The number of anilines is 1. The fourth-order valence-corrected chi connectivity index (χ4v) is 1.39. The predicted octanol–water partition coefficient (Wildman–Crippen LogP) is 1.28. The molecule has 0 unspecified atom stereocenters. The molecule has 0 radical (unpaired) electrons. The summed E-state index contributed by atoms with van der Waals surface area (Å²) in [5.41, 5.74) is 7.79. The van der Waals surface area contributed by atoms with E-state index < -0.39 is 0 Å². The second-order valence-electron chi connectivity index (χ2n) is 3.01. The molecule has 0 atom stereocenters. The summed E-state index contributed by atoms with van der Waals surface area (Å²) in [6.45, 7) is 1.95. The Kier molecular flexibility index (Phi) is 6.24. The summed E-state index contributed by atoms with van der Waals surface area (Å²) in [4.78, 5) is 7.92. The van der Waals surface area contributed by atoms with E-state index in [4.69, 9.17) is 5.73 Å². The van der Waals surface area contributed by atoms with Crippen LogP contribution in [0.25, 0.3) is 5.57 Å². The number of nitrogens with zero attached hydrogens (tertiary/aromatic N) is 2. The van der Waals surface area contributed by atoms with E-state index in [1.165, 1.54) is 5.57 Å². The molecule has 0 saturated heterocycles. The lowest BCUT2D eigenvalue weighted by molar-refractivity contribution is 0.738. The van der Waals surface area contributed by atoms with Crippen LogP contribution < -0.4 is 11.1 Å². The van der Waals surface area contributed by atoms with Crippen LogP contribution in [-0.2, 0) is 0 Å². The largest absolute Gasteiger partial charge is 0.368 e. The van der Waals surface area contributed by atoms with Crippen LogP contribution in [-0.4, -0.2) is 23.1 Å². The van der Waals surface area contributed by atoms with Crippen molar-refractivity contribution in [2.24, 2.45) is 0 Å². The van der Waals surface area contributed by atoms with E-state index in [0.29, 0.717) is 5.95 Å². The summed E-state index contributed by atoms with van der Waals surface area (Å²) in [7, 11) is 0. The van der Waals surface area contributed by atoms with Crippen molar-refractivity contribution in [2.45, 2.75) is 6.42 Å². The molecule has 3 N–H and O–H groups in total. The van der Waals surface area contributed by atoms with Crippen molar-refractivity contribution in [2.75, 3.05) is 18.8 Å². The lowest BCUT2D eigenvalue weighted by atomic mass is 10.0. The van der Waals surface area contributed by atoms with E-state index in [1.807, 2.05) is 0 Å². The van der Waals surface area contributed by atoms with Gasteiger partial charge < -0.3 is 11.1 Å². The number of aromatic nitrogens is 2. The van der Waals surface area contributed by atoms with E-state index in [9.17, 15) is 0 Å². The molecule has 15 heavy (non-hydrogen) atoms. The van der Waals surface area contributed by atoms with E-state index in [1.54, 1.807) is 12.4 Å². The van der Waals surface area contributed by atoms with Gasteiger partial charge in [0.2, 0.25) is 5.95 Å². The molecular formula is C9H14Cl2N4. The third-order valence-corrected chi connectivity index (χ3v) is 2.11. The minimum absolute atomic E-state index is 0. The van der Waals surface area contributed by atoms with E-state index >= 15 is 0 Å². The third-order valence-electron chi connectivity index (χ3n) is 2.11. The highest BCUT2D eigenvalue weighted by molar-refractivity contribution is 5.85. The van der Waals surface area contributed by atoms with Gasteiger partial charge in [0.1, 0.15) is 0 Å². The fraction of sp³-hybridized carbons (Fsp3) is 0.333. The van der Waals surface area contributed by atoms with Crippen LogP contribution in [0.15, 0.2) is 18.5 Å². The first-order chi connectivity index (χ1) is 6.36. The number of rotatable bonds is 1. The van der Waals surface area contributed by atoms with Crippen molar-refractivity contribution < 1.29 is 0 Å². The molecule has 0 aliphatic carbocycles. The van der Waals surface area contributed by atoms with Crippen molar-refractivity contribution in [3.63, 3.8) is 0 Å². The highest BCUT2D eigenvalue weighted by Crippen LogP contribution is 2.17. The Hall–Kier alpha value is -0.840. The van der Waals surface area contributed by atoms with Crippen LogP contribution in [0, 0.1) is 0 Å². The monoisotopic (exact) mass is 248 g/mol. The summed E-state index contributed by atoms with van der Waals surface area (Å²) in [6, 6.07) is 0. The second-order valence-corrected chi connectivity index (χ2v) is 3.01. The van der Waals surface area contributed by atoms with E-state index in [2.05, 4.69) is 21.4 Å². The Bertz CT molecular complexity index is 323. The zero-order valence-corrected chi connectivity index (χ0v) is 9.77. The first kappa shape index (κ1) is 14.2. The lowest BCUT2D eigenvalue weighted by Gasteiger charge is -2.13. The zero-order valence-electron chi connectivity index (χ0n) is 8.14. The van der Waals surface area contributed by atoms with E-state index in [-0.39, 0.29) is 24.8 Å². The number of halogens is 2. The summed E-state index contributed by atoms with van der Waals surface area (Å²) in [6.07, 6.45) is 6.75. The van der Waals surface area contributed by atoms with Crippen LogP contribution >= 0.6 is 24.8 Å². The van der Waals surface area contributed by atoms with Crippen LogP contribution in [0.1, 0.15) is 12.0 Å². The highest BCUT2D eigenvalue weighted by Gasteiger charge is 2.05. The van der Waals surface area contributed by atoms with E-state index in [0.717, 1.165) is 25.1 Å². The number of nitrogens with one attached hydrogen (secondary N) is 1. The molecule has 4 nitrogen and oxygen atoms in total. The van der Waals surface area contributed by atoms with Crippen molar-refractivity contribution in [3.8, 4) is 0 Å². The molecule has 0 amide bonds. The molecule has 1 aliphatic rings. The Labute approximate surface area is 101 Å². The maximum absolute atomic E-state index is 5.40. The maximum atomic E-state index is 5.40. The second kappa shape index (κ2) is 6.61. The van der Waals surface area contributed by atoms with Gasteiger partial charge in [-0.3, -0.25) is 0 Å². The van der Waals surface area contributed by atoms with Gasteiger partial charge >= 0.3 is 0 Å². The summed E-state index contributed by atoms with van der Waals surface area (Å²) in [5.74, 6) is 0.332. The topological polar surface area (TPSA) is 63.8 Å². The average Bonchev–Trinajstić information content (AvgIpc) is 2.20. The molecule has 2 rings (SSSR count). The molecule has 2 heterocycles. The summed E-state index contributed by atoms with van der Waals surface area (Å²) >= 11 is 0. The van der Waals surface area contributed by atoms with Gasteiger partial charge in [-0.05, 0) is 18.5 Å². The average molecular weight is 249 g/mol. The smallest absolute Gasteiger partial charge is 0.219 e. The Morgan fingerprint density at radius 3 is 2.40 bits per heavy atom. The number of hydrogen-bond acceptors (Lipinski definition) is 4. The standard InChI is InChI=1S/C9H12N4.2ClH/c10-9-12-5-8(6-13-9)7-1-3-11-4-2-7;;/h1,5-6,11H,2-4H2,(H2,10,12,13);2*1H. The lowest BCUT2D eigenvalue weighted by Crippen LogP contribution is -2.20. The highest BCUT2D eigenvalue weighted by atomic mass is 35.5. The van der Waals surface area contributed by atoms with Crippen LogP contribution in [0.3, 0.4) is 0 Å². The molecular weight excluding hydrogens is 235 g/mol. The normalized spacial score (nSPS) is 14.5. The number of hydrogen-bond donors (Lipinski definition) is 2. The minimum Gasteiger partial charge on any atom is -0.368 e. The number of nitrogen functional groups attached to an aromatic ring is 1. The molecule has 84 valence electrons. The van der Waals surface area contributed by atoms with Crippen LogP contribution in [0.2, 0.25) is 0 Å². The maximum Gasteiger partial charge on any atom is 0.219 e. The predicted molar refractivity (Wildman–Crippen MR) is 66.4 cm³/mol. The molecule has 0 saturated carbocycles. The van der Waals surface area contributed by atoms with Gasteiger partial charge in [0.25, 0.3) is 0 Å². The van der Waals surface area contributed by atoms with Gasteiger partial charge in [-0.2, -0.15) is 0 Å². The Balaban J connectivity index is 0.000000980. The number of nitrogens with two attached hydrogens (primary N) is 1. The molecule has 1 aromatic heterocycles. The third kappa shape index (κ3) is 3.66. The zero-order chi connectivity index (χ0) is 9.10. The summed E-state index contributed by atoms with van der Waals surface area (Å²) < 4.78 is 0. The Morgan fingerprint density at radius 1 is 1.20 bits per heavy atom. The first-order valence-electron chi connectivity index (χ1n) is 4.34. The van der Waals surface area contributed by atoms with Gasteiger partial charge in [-0.15, -0.1) is 24.8 Å². The minimum atomic E-state index is 0. The SMILES string of the molecule is Cl.Cl.Nc1ncc(C2=CCNCC2)cn1. The summed E-state index contributed by atoms with van der Waals surface area (Å²) in [5, 5.41) is 3.25. The van der Waals surface area contributed by atoms with Gasteiger partial charge in [-0.1, -0.05) is 6.08 Å². The quantitative estimate of drug-likeness (QED) is 0.786. The van der Waals surface area contributed by atoms with Crippen molar-refractivity contribution in [1.29, 1.82) is 0 Å². The van der Waals surface area contributed by atoms with Gasteiger partial charge in [0.15, 0.2) is 0 Å². The van der Waals surface area contributed by atoms with Crippen LogP contribution in [0.4, 0.5) is 5.95 Å². The molecule has 1 aliphatic heterocycles. The molecule has 0 aromatic carbocycles. The van der Waals surface area contributed by atoms with Gasteiger partial charge in [-0.25, -0.2) is 9.97 Å². The van der Waals surface area contributed by atoms with Crippen molar-refractivity contribution in [3.05, 3.63) is 24.0 Å². The molecule has 0 fully saturated rings. The van der Waals surface area contributed by atoms with Crippen molar-refractivity contribution in [1.82, 2.24) is 15.3 Å². The van der Waals surface area contributed by atoms with Gasteiger partial charge in [0.05, 0.1) is 0 Å². The van der Waals surface area contributed by atoms with Crippen molar-refractivity contribution >= 4 is 36.3 Å². The first-order valence-corrected chi connectivity index (χ1v) is 4.34. The Morgan fingerprint density at radius 2 is 1.87 bits per heavy atom. The molecule has 0 spiro atoms. The van der Waals surface area contributed by atoms with Gasteiger partial charge in [0, 0.05) is 24.5 Å². The molecule has 6 heteroatoms. The molecule has 1 aromatic rings. The fourth-order valence-electron chi connectivity index (χ4n) is 1.39. The van der Waals surface area contributed by atoms with Crippen LogP contribution in [0.5, 0.6) is 0 Å².